The van der Waals surface area contributed by atoms with Gasteiger partial charge in [-0.05, 0) is 19.9 Å². The monoisotopic (exact) mass is 211 g/mol. The smallest absolute Gasteiger partial charge is 0.256 e. The number of rotatable bonds is 4. The van der Waals surface area contributed by atoms with E-state index in [1.54, 1.807) is 13.0 Å². The molecule has 0 amide bonds. The van der Waals surface area contributed by atoms with Crippen LogP contribution in [-0.2, 0) is 9.47 Å². The van der Waals surface area contributed by atoms with Gasteiger partial charge in [-0.25, -0.2) is 0 Å². The molecule has 2 aliphatic rings. The van der Waals surface area contributed by atoms with E-state index in [2.05, 4.69) is 0 Å². The van der Waals surface area contributed by atoms with E-state index in [1.807, 2.05) is 6.92 Å². The summed E-state index contributed by atoms with van der Waals surface area (Å²) >= 11 is 0. The first-order valence-electron chi connectivity index (χ1n) is 4.85. The Balaban J connectivity index is 1.89. The van der Waals surface area contributed by atoms with Crippen LogP contribution in [0.4, 0.5) is 0 Å². The lowest BCUT2D eigenvalue weighted by Gasteiger charge is -2.13. The summed E-state index contributed by atoms with van der Waals surface area (Å²) in [6.07, 6.45) is 3.16. The molecule has 5 nitrogen and oxygen atoms in total. The molecular weight excluding hydrogens is 198 g/mol. The van der Waals surface area contributed by atoms with Crippen molar-refractivity contribution in [2.45, 2.75) is 19.4 Å². The minimum atomic E-state index is -0.368. The molecule has 0 aromatic heterocycles. The maximum Gasteiger partial charge on any atom is 0.256 e. The maximum atomic E-state index is 10.6. The van der Waals surface area contributed by atoms with Gasteiger partial charge in [-0.3, -0.25) is 10.1 Å². The minimum Gasteiger partial charge on any atom is -0.494 e. The summed E-state index contributed by atoms with van der Waals surface area (Å²) in [5, 5.41) is 10.6. The molecule has 0 N–H and O–H groups in total. The first-order chi connectivity index (χ1) is 7.02. The van der Waals surface area contributed by atoms with Crippen molar-refractivity contribution in [3.05, 3.63) is 33.7 Å². The lowest BCUT2D eigenvalue weighted by Crippen LogP contribution is -2.17. The fourth-order valence-electron chi connectivity index (χ4n) is 1.44. The van der Waals surface area contributed by atoms with E-state index >= 15 is 0 Å². The Kier molecular flexibility index (Phi) is 2.26. The molecule has 0 bridgehead atoms. The Morgan fingerprint density at radius 2 is 2.40 bits per heavy atom. The van der Waals surface area contributed by atoms with Crippen molar-refractivity contribution in [2.75, 3.05) is 13.2 Å². The highest BCUT2D eigenvalue weighted by atomic mass is 16.6. The van der Waals surface area contributed by atoms with Crippen LogP contribution in [0, 0.1) is 16.0 Å². The van der Waals surface area contributed by atoms with Gasteiger partial charge in [0.15, 0.2) is 0 Å². The highest BCUT2D eigenvalue weighted by Gasteiger charge is 2.41. The second-order valence-electron chi connectivity index (χ2n) is 4.17. The van der Waals surface area contributed by atoms with Crippen LogP contribution in [0.2, 0.25) is 0 Å². The van der Waals surface area contributed by atoms with E-state index in [0.717, 1.165) is 0 Å². The number of hydrogen-bond acceptors (Lipinski definition) is 4. The summed E-state index contributed by atoms with van der Waals surface area (Å²) in [6, 6.07) is 0. The molecule has 1 saturated heterocycles. The first kappa shape index (κ1) is 10.2. The molecule has 1 aliphatic carbocycles. The minimum absolute atomic E-state index is 0.183. The van der Waals surface area contributed by atoms with Crippen molar-refractivity contribution in [3.8, 4) is 0 Å². The van der Waals surface area contributed by atoms with E-state index in [9.17, 15) is 10.1 Å². The molecule has 0 aromatic carbocycles. The second kappa shape index (κ2) is 3.34. The Labute approximate surface area is 87.5 Å². The quantitative estimate of drug-likeness (QED) is 0.401. The number of ether oxygens (including phenoxy) is 2. The highest BCUT2D eigenvalue weighted by Crippen LogP contribution is 2.31. The molecule has 1 fully saturated rings. The Morgan fingerprint density at radius 3 is 2.87 bits per heavy atom. The van der Waals surface area contributed by atoms with Crippen LogP contribution >= 0.6 is 0 Å². The van der Waals surface area contributed by atoms with Crippen LogP contribution in [0.5, 0.6) is 0 Å². The third-order valence-corrected chi connectivity index (χ3v) is 2.68. The average Bonchev–Trinajstić information content (AvgIpc) is 2.77. The summed E-state index contributed by atoms with van der Waals surface area (Å²) < 4.78 is 10.7. The van der Waals surface area contributed by atoms with E-state index < -0.39 is 0 Å². The second-order valence-corrected chi connectivity index (χ2v) is 4.17. The summed E-state index contributed by atoms with van der Waals surface area (Å²) in [6.45, 7) is 4.88. The Morgan fingerprint density at radius 1 is 1.73 bits per heavy atom. The fourth-order valence-corrected chi connectivity index (χ4v) is 1.44. The molecule has 0 aromatic rings. The summed E-state index contributed by atoms with van der Waals surface area (Å²) in [5.74, 6) is 0.390. The van der Waals surface area contributed by atoms with E-state index in [-0.39, 0.29) is 22.1 Å². The van der Waals surface area contributed by atoms with Gasteiger partial charge >= 0.3 is 0 Å². The average molecular weight is 211 g/mol. The van der Waals surface area contributed by atoms with Gasteiger partial charge in [0.25, 0.3) is 5.70 Å². The third-order valence-electron chi connectivity index (χ3n) is 2.68. The highest BCUT2D eigenvalue weighted by molar-refractivity contribution is 5.26. The van der Waals surface area contributed by atoms with E-state index in [1.165, 1.54) is 6.08 Å². The van der Waals surface area contributed by atoms with Crippen molar-refractivity contribution in [1.82, 2.24) is 0 Å². The van der Waals surface area contributed by atoms with Crippen molar-refractivity contribution in [3.63, 3.8) is 0 Å². The fraction of sp³-hybridized carbons (Fsp3) is 0.600. The zero-order valence-corrected chi connectivity index (χ0v) is 8.73. The van der Waals surface area contributed by atoms with Crippen LogP contribution in [-0.4, -0.2) is 23.7 Å². The van der Waals surface area contributed by atoms with E-state index in [4.69, 9.17) is 9.47 Å². The predicted molar refractivity (Wildman–Crippen MR) is 52.6 cm³/mol. The van der Waals surface area contributed by atoms with Crippen LogP contribution in [0.15, 0.2) is 23.6 Å². The molecule has 82 valence electrons. The molecule has 0 spiro atoms. The van der Waals surface area contributed by atoms with Crippen molar-refractivity contribution < 1.29 is 14.4 Å². The molecular formula is C10H13NO4. The number of nitrogens with zero attached hydrogens (tertiary/aromatic N) is 1. The Hall–Kier alpha value is -1.36. The largest absolute Gasteiger partial charge is 0.494 e. The standard InChI is InChI=1S/C10H13NO4/c1-7-8(11(12)13)3-4-9(7)14-5-10(2)6-15-10/h3-4,7H,5-6H2,1-2H3/t7-,10?/m0/s1. The molecule has 1 aliphatic heterocycles. The van der Waals surface area contributed by atoms with Crippen molar-refractivity contribution >= 4 is 0 Å². The van der Waals surface area contributed by atoms with Gasteiger partial charge in [0.1, 0.15) is 23.9 Å². The predicted octanol–water partition coefficient (Wildman–Crippen LogP) is 1.49. The first-order valence-corrected chi connectivity index (χ1v) is 4.85. The molecule has 1 unspecified atom stereocenters. The lowest BCUT2D eigenvalue weighted by molar-refractivity contribution is -0.431. The topological polar surface area (TPSA) is 64.9 Å². The van der Waals surface area contributed by atoms with Gasteiger partial charge in [-0.15, -0.1) is 0 Å². The van der Waals surface area contributed by atoms with Gasteiger partial charge in [-0.1, -0.05) is 0 Å². The molecule has 2 rings (SSSR count). The van der Waals surface area contributed by atoms with Crippen LogP contribution in [0.3, 0.4) is 0 Å². The number of nitro groups is 1. The summed E-state index contributed by atoms with van der Waals surface area (Å²) in [5.41, 5.74) is 0.00431. The van der Waals surface area contributed by atoms with Gasteiger partial charge in [0.05, 0.1) is 11.5 Å². The van der Waals surface area contributed by atoms with Gasteiger partial charge in [0, 0.05) is 6.08 Å². The summed E-state index contributed by atoms with van der Waals surface area (Å²) in [7, 11) is 0. The lowest BCUT2D eigenvalue weighted by atomic mass is 10.1. The van der Waals surface area contributed by atoms with Gasteiger partial charge < -0.3 is 9.47 Å². The molecule has 1 heterocycles. The molecule has 0 saturated carbocycles. The zero-order valence-electron chi connectivity index (χ0n) is 8.73. The van der Waals surface area contributed by atoms with Gasteiger partial charge in [0.2, 0.25) is 0 Å². The zero-order chi connectivity index (χ0) is 11.1. The van der Waals surface area contributed by atoms with Crippen LogP contribution in [0.25, 0.3) is 0 Å². The molecule has 0 radical (unpaired) electrons. The molecule has 15 heavy (non-hydrogen) atoms. The Bertz CT molecular complexity index is 354. The van der Waals surface area contributed by atoms with Crippen molar-refractivity contribution in [1.29, 1.82) is 0 Å². The number of epoxide rings is 1. The maximum absolute atomic E-state index is 10.6. The normalized spacial score (nSPS) is 33.3. The number of hydrogen-bond donors (Lipinski definition) is 0. The van der Waals surface area contributed by atoms with Crippen LogP contribution < -0.4 is 0 Å². The summed E-state index contributed by atoms with van der Waals surface area (Å²) in [4.78, 5) is 10.2. The van der Waals surface area contributed by atoms with Crippen LogP contribution in [0.1, 0.15) is 13.8 Å². The molecule has 2 atom stereocenters. The SMILES string of the molecule is C[C@@H]1C(OCC2(C)CO2)=CC=C1[N+](=O)[O-]. The van der Waals surface area contributed by atoms with Gasteiger partial charge in [-0.2, -0.15) is 0 Å². The van der Waals surface area contributed by atoms with E-state index in [0.29, 0.717) is 19.0 Å². The molecule has 5 heteroatoms. The number of allylic oxidation sites excluding steroid dienone is 2. The van der Waals surface area contributed by atoms with Crippen molar-refractivity contribution in [2.24, 2.45) is 5.92 Å². The third kappa shape index (κ3) is 2.02.